The molecule has 0 saturated heterocycles. The Labute approximate surface area is 165 Å². The molecule has 2 heterocycles. The van der Waals surface area contributed by atoms with Gasteiger partial charge in [-0.3, -0.25) is 9.69 Å². The molecule has 144 valence electrons. The molecular formula is C22H29N3OS. The smallest absolute Gasteiger partial charge is 0.240 e. The van der Waals surface area contributed by atoms with E-state index in [0.29, 0.717) is 12.5 Å². The van der Waals surface area contributed by atoms with Crippen molar-refractivity contribution >= 4 is 17.2 Å². The summed E-state index contributed by atoms with van der Waals surface area (Å²) < 4.78 is 0. The molecule has 2 aliphatic rings. The first-order valence-electron chi connectivity index (χ1n) is 9.92. The Balaban J connectivity index is 1.54. The normalized spacial score (nSPS) is 19.6. The fourth-order valence-electron chi connectivity index (χ4n) is 3.82. The first-order valence-corrected chi connectivity index (χ1v) is 10.8. The number of rotatable bonds is 6. The Hall–Kier alpha value is -1.69. The standard InChI is InChI=1S/C22H29N3OS/c1-15(2)16-3-5-17(6-4-16)19(13-24-21(26)22(23)9-10-22)25-11-7-20-18(14-25)8-12-27-20/h3-6,8,12,15,19H,7,9-11,13-14,23H2,1-2H3,(H,24,26). The van der Waals surface area contributed by atoms with Gasteiger partial charge < -0.3 is 11.1 Å². The molecule has 0 radical (unpaired) electrons. The van der Waals surface area contributed by atoms with Crippen LogP contribution in [-0.4, -0.2) is 29.4 Å². The van der Waals surface area contributed by atoms with Gasteiger partial charge in [0.1, 0.15) is 0 Å². The number of nitrogens with two attached hydrogens (primary N) is 1. The lowest BCUT2D eigenvalue weighted by Crippen LogP contribution is -2.46. The molecule has 27 heavy (non-hydrogen) atoms. The van der Waals surface area contributed by atoms with Gasteiger partial charge >= 0.3 is 0 Å². The topological polar surface area (TPSA) is 58.4 Å². The average Bonchev–Trinajstić information content (AvgIpc) is 3.25. The van der Waals surface area contributed by atoms with Gasteiger partial charge in [0.25, 0.3) is 0 Å². The molecule has 0 bridgehead atoms. The van der Waals surface area contributed by atoms with Crippen LogP contribution >= 0.6 is 11.3 Å². The van der Waals surface area contributed by atoms with Gasteiger partial charge in [0.2, 0.25) is 5.91 Å². The number of benzene rings is 1. The second-order valence-corrected chi connectivity index (χ2v) is 9.29. The van der Waals surface area contributed by atoms with Crippen LogP contribution < -0.4 is 11.1 Å². The maximum atomic E-state index is 12.4. The number of nitrogens with one attached hydrogen (secondary N) is 1. The molecule has 5 heteroatoms. The minimum absolute atomic E-state index is 0.000433. The van der Waals surface area contributed by atoms with E-state index < -0.39 is 5.54 Å². The zero-order chi connectivity index (χ0) is 19.0. The van der Waals surface area contributed by atoms with Crippen LogP contribution in [0.1, 0.15) is 60.2 Å². The molecule has 4 nitrogen and oxygen atoms in total. The molecular weight excluding hydrogens is 354 g/mol. The number of thiophene rings is 1. The van der Waals surface area contributed by atoms with Crippen molar-refractivity contribution in [3.05, 3.63) is 57.3 Å². The van der Waals surface area contributed by atoms with Crippen molar-refractivity contribution in [2.24, 2.45) is 5.73 Å². The largest absolute Gasteiger partial charge is 0.353 e. The fourth-order valence-corrected chi connectivity index (χ4v) is 4.71. The van der Waals surface area contributed by atoms with Crippen LogP contribution in [0, 0.1) is 0 Å². The quantitative estimate of drug-likeness (QED) is 0.802. The highest BCUT2D eigenvalue weighted by Gasteiger charge is 2.46. The van der Waals surface area contributed by atoms with Gasteiger partial charge in [-0.2, -0.15) is 0 Å². The number of fused-ring (bicyclic) bond motifs is 1. The highest BCUT2D eigenvalue weighted by molar-refractivity contribution is 7.10. The third kappa shape index (κ3) is 3.96. The highest BCUT2D eigenvalue weighted by Crippen LogP contribution is 2.33. The summed E-state index contributed by atoms with van der Waals surface area (Å²) in [6.45, 7) is 7.00. The molecule has 2 aromatic rings. The van der Waals surface area contributed by atoms with Gasteiger partial charge in [0.05, 0.1) is 11.6 Å². The van der Waals surface area contributed by atoms with Gasteiger partial charge in [-0.15, -0.1) is 11.3 Å². The molecule has 1 aliphatic carbocycles. The van der Waals surface area contributed by atoms with Crippen LogP contribution in [0.15, 0.2) is 35.7 Å². The van der Waals surface area contributed by atoms with Crippen molar-refractivity contribution in [2.75, 3.05) is 13.1 Å². The minimum atomic E-state index is -0.617. The molecule has 1 atom stereocenters. The lowest BCUT2D eigenvalue weighted by Gasteiger charge is -2.35. The summed E-state index contributed by atoms with van der Waals surface area (Å²) in [5.41, 5.74) is 9.50. The molecule has 3 N–H and O–H groups in total. The summed E-state index contributed by atoms with van der Waals surface area (Å²) >= 11 is 1.86. The number of carbonyl (C=O) groups excluding carboxylic acids is 1. The molecule has 1 saturated carbocycles. The number of nitrogens with zero attached hydrogens (tertiary/aromatic N) is 1. The molecule has 4 rings (SSSR count). The Morgan fingerprint density at radius 3 is 2.59 bits per heavy atom. The van der Waals surface area contributed by atoms with Crippen molar-refractivity contribution in [1.29, 1.82) is 0 Å². The second-order valence-electron chi connectivity index (χ2n) is 8.29. The number of hydrogen-bond donors (Lipinski definition) is 2. The van der Waals surface area contributed by atoms with Gasteiger partial charge in [0, 0.05) is 24.5 Å². The van der Waals surface area contributed by atoms with Crippen molar-refractivity contribution < 1.29 is 4.79 Å². The lowest BCUT2D eigenvalue weighted by atomic mass is 9.97. The van der Waals surface area contributed by atoms with Crippen LogP contribution in [0.3, 0.4) is 0 Å². The van der Waals surface area contributed by atoms with Gasteiger partial charge in [-0.05, 0) is 53.3 Å². The monoisotopic (exact) mass is 383 g/mol. The number of hydrogen-bond acceptors (Lipinski definition) is 4. The molecule has 1 fully saturated rings. The molecule has 1 aliphatic heterocycles. The lowest BCUT2D eigenvalue weighted by molar-refractivity contribution is -0.123. The zero-order valence-electron chi connectivity index (χ0n) is 16.2. The maximum absolute atomic E-state index is 12.4. The van der Waals surface area contributed by atoms with Crippen molar-refractivity contribution in [1.82, 2.24) is 10.2 Å². The first kappa shape index (κ1) is 18.7. The Bertz CT molecular complexity index is 807. The summed E-state index contributed by atoms with van der Waals surface area (Å²) in [7, 11) is 0. The SMILES string of the molecule is CC(C)c1ccc(C(CNC(=O)C2(N)CC2)N2CCc3sccc3C2)cc1. The second kappa shape index (κ2) is 7.38. The Morgan fingerprint density at radius 1 is 1.22 bits per heavy atom. The molecule has 0 spiro atoms. The van der Waals surface area contributed by atoms with Crippen LogP contribution in [0.4, 0.5) is 0 Å². The minimum Gasteiger partial charge on any atom is -0.353 e. The van der Waals surface area contributed by atoms with Crippen LogP contribution in [0.2, 0.25) is 0 Å². The molecule has 1 amide bonds. The summed E-state index contributed by atoms with van der Waals surface area (Å²) in [4.78, 5) is 16.4. The molecule has 1 aromatic heterocycles. The van der Waals surface area contributed by atoms with E-state index in [4.69, 9.17) is 5.73 Å². The highest BCUT2D eigenvalue weighted by atomic mass is 32.1. The van der Waals surface area contributed by atoms with E-state index in [0.717, 1.165) is 32.4 Å². The van der Waals surface area contributed by atoms with Crippen LogP contribution in [-0.2, 0) is 17.8 Å². The van der Waals surface area contributed by atoms with E-state index >= 15 is 0 Å². The number of amides is 1. The average molecular weight is 384 g/mol. The van der Waals surface area contributed by atoms with Crippen LogP contribution in [0.5, 0.6) is 0 Å². The summed E-state index contributed by atoms with van der Waals surface area (Å²) in [6.07, 6.45) is 2.69. The van der Waals surface area contributed by atoms with E-state index in [9.17, 15) is 4.79 Å². The molecule has 1 unspecified atom stereocenters. The van der Waals surface area contributed by atoms with E-state index in [-0.39, 0.29) is 11.9 Å². The predicted molar refractivity (Wildman–Crippen MR) is 111 cm³/mol. The first-order chi connectivity index (χ1) is 13.0. The van der Waals surface area contributed by atoms with Gasteiger partial charge in [0.15, 0.2) is 0 Å². The van der Waals surface area contributed by atoms with Crippen LogP contribution in [0.25, 0.3) is 0 Å². The van der Waals surface area contributed by atoms with E-state index in [1.165, 1.54) is 21.6 Å². The Morgan fingerprint density at radius 2 is 1.93 bits per heavy atom. The van der Waals surface area contributed by atoms with Crippen molar-refractivity contribution in [2.45, 2.75) is 57.2 Å². The van der Waals surface area contributed by atoms with Gasteiger partial charge in [-0.1, -0.05) is 38.1 Å². The Kier molecular flexibility index (Phi) is 5.10. The maximum Gasteiger partial charge on any atom is 0.240 e. The summed E-state index contributed by atoms with van der Waals surface area (Å²) in [5, 5.41) is 5.32. The fraction of sp³-hybridized carbons (Fsp3) is 0.500. The zero-order valence-corrected chi connectivity index (χ0v) is 17.0. The number of carbonyl (C=O) groups is 1. The van der Waals surface area contributed by atoms with E-state index in [1.54, 1.807) is 0 Å². The van der Waals surface area contributed by atoms with E-state index in [2.05, 4.69) is 59.8 Å². The van der Waals surface area contributed by atoms with Crippen molar-refractivity contribution in [3.8, 4) is 0 Å². The summed E-state index contributed by atoms with van der Waals surface area (Å²) in [6, 6.07) is 11.3. The summed E-state index contributed by atoms with van der Waals surface area (Å²) in [5.74, 6) is 0.520. The third-order valence-electron chi connectivity index (χ3n) is 5.96. The van der Waals surface area contributed by atoms with Gasteiger partial charge in [-0.25, -0.2) is 0 Å². The van der Waals surface area contributed by atoms with Crippen molar-refractivity contribution in [3.63, 3.8) is 0 Å². The third-order valence-corrected chi connectivity index (χ3v) is 6.99. The predicted octanol–water partition coefficient (Wildman–Crippen LogP) is 3.58. The molecule has 1 aromatic carbocycles. The van der Waals surface area contributed by atoms with E-state index in [1.807, 2.05) is 11.3 Å².